The van der Waals surface area contributed by atoms with Crippen molar-refractivity contribution in [1.29, 1.82) is 0 Å². The molecule has 6 heteroatoms. The molecule has 0 aliphatic rings. The molecular weight excluding hydrogens is 300 g/mol. The van der Waals surface area contributed by atoms with E-state index in [1.807, 2.05) is 0 Å². The molecular formula is C17H28O6. The van der Waals surface area contributed by atoms with Gasteiger partial charge < -0.3 is 14.6 Å². The SMILES string of the molecule is C=CC(=O)OC(OC(=O)CCCCCCCCC(=O)O)C(C)C. The summed E-state index contributed by atoms with van der Waals surface area (Å²) in [6.45, 7) is 6.90. The van der Waals surface area contributed by atoms with Crippen molar-refractivity contribution < 1.29 is 29.0 Å². The normalized spacial score (nSPS) is 11.8. The monoisotopic (exact) mass is 328 g/mol. The smallest absolute Gasteiger partial charge is 0.333 e. The Balaban J connectivity index is 3.77. The van der Waals surface area contributed by atoms with Crippen LogP contribution in [0.4, 0.5) is 0 Å². The number of carbonyl (C=O) groups excluding carboxylic acids is 2. The van der Waals surface area contributed by atoms with Gasteiger partial charge in [0.05, 0.1) is 0 Å². The minimum absolute atomic E-state index is 0.128. The van der Waals surface area contributed by atoms with E-state index in [-0.39, 0.29) is 24.7 Å². The zero-order chi connectivity index (χ0) is 17.7. The van der Waals surface area contributed by atoms with Crippen molar-refractivity contribution in [1.82, 2.24) is 0 Å². The second-order valence-electron chi connectivity index (χ2n) is 5.76. The van der Waals surface area contributed by atoms with E-state index in [2.05, 4.69) is 6.58 Å². The fourth-order valence-corrected chi connectivity index (χ4v) is 1.90. The third-order valence-electron chi connectivity index (χ3n) is 3.21. The summed E-state index contributed by atoms with van der Waals surface area (Å²) in [5, 5.41) is 8.51. The van der Waals surface area contributed by atoms with Gasteiger partial charge in [0.15, 0.2) is 0 Å². The molecule has 0 fully saturated rings. The number of unbranched alkanes of at least 4 members (excludes halogenated alkanes) is 5. The van der Waals surface area contributed by atoms with Crippen molar-refractivity contribution in [2.24, 2.45) is 5.92 Å². The second kappa shape index (κ2) is 12.7. The number of aliphatic carboxylic acids is 1. The highest BCUT2D eigenvalue weighted by Crippen LogP contribution is 2.13. The van der Waals surface area contributed by atoms with Crippen LogP contribution in [0.15, 0.2) is 12.7 Å². The van der Waals surface area contributed by atoms with Crippen LogP contribution in [0.1, 0.15) is 65.2 Å². The van der Waals surface area contributed by atoms with Crippen LogP contribution in [0.2, 0.25) is 0 Å². The molecule has 0 saturated heterocycles. The van der Waals surface area contributed by atoms with Gasteiger partial charge >= 0.3 is 17.9 Å². The fourth-order valence-electron chi connectivity index (χ4n) is 1.90. The highest BCUT2D eigenvalue weighted by Gasteiger charge is 2.21. The first kappa shape index (κ1) is 21.1. The van der Waals surface area contributed by atoms with Gasteiger partial charge in [0.25, 0.3) is 0 Å². The molecule has 1 atom stereocenters. The van der Waals surface area contributed by atoms with Gasteiger partial charge in [-0.1, -0.05) is 46.1 Å². The van der Waals surface area contributed by atoms with Crippen LogP contribution in [-0.4, -0.2) is 29.3 Å². The average Bonchev–Trinajstić information content (AvgIpc) is 2.48. The second-order valence-corrected chi connectivity index (χ2v) is 5.76. The molecule has 0 bridgehead atoms. The lowest BCUT2D eigenvalue weighted by Crippen LogP contribution is -2.28. The van der Waals surface area contributed by atoms with E-state index in [0.717, 1.165) is 31.8 Å². The minimum Gasteiger partial charge on any atom is -0.481 e. The van der Waals surface area contributed by atoms with E-state index >= 15 is 0 Å². The third kappa shape index (κ3) is 12.4. The van der Waals surface area contributed by atoms with Gasteiger partial charge in [-0.3, -0.25) is 9.59 Å². The van der Waals surface area contributed by atoms with Crippen molar-refractivity contribution in [3.8, 4) is 0 Å². The average molecular weight is 328 g/mol. The van der Waals surface area contributed by atoms with Crippen LogP contribution in [0.3, 0.4) is 0 Å². The summed E-state index contributed by atoms with van der Waals surface area (Å²) in [6, 6.07) is 0. The van der Waals surface area contributed by atoms with Crippen molar-refractivity contribution in [3.63, 3.8) is 0 Å². The predicted octanol–water partition coefficient (Wildman–Crippen LogP) is 3.45. The van der Waals surface area contributed by atoms with E-state index in [9.17, 15) is 14.4 Å². The van der Waals surface area contributed by atoms with Gasteiger partial charge in [0, 0.05) is 24.8 Å². The Hall–Kier alpha value is -1.85. The quantitative estimate of drug-likeness (QED) is 0.241. The predicted molar refractivity (Wildman–Crippen MR) is 85.6 cm³/mol. The van der Waals surface area contributed by atoms with Crippen LogP contribution >= 0.6 is 0 Å². The van der Waals surface area contributed by atoms with Crippen LogP contribution in [0.5, 0.6) is 0 Å². The summed E-state index contributed by atoms with van der Waals surface area (Å²) in [5.74, 6) is -1.88. The Morgan fingerprint density at radius 3 is 1.96 bits per heavy atom. The Bertz CT molecular complexity index is 389. The van der Waals surface area contributed by atoms with E-state index in [1.165, 1.54) is 0 Å². The number of carboxylic acid groups (broad SMARTS) is 1. The summed E-state index contributed by atoms with van der Waals surface area (Å²) < 4.78 is 10.1. The third-order valence-corrected chi connectivity index (χ3v) is 3.21. The standard InChI is InChI=1S/C17H28O6/c1-4-15(20)22-17(13(2)3)23-16(21)12-10-8-6-5-7-9-11-14(18)19/h4,13,17H,1,5-12H2,2-3H3,(H,18,19). The molecule has 0 spiro atoms. The largest absolute Gasteiger partial charge is 0.481 e. The summed E-state index contributed by atoms with van der Waals surface area (Å²) in [4.78, 5) is 33.2. The maximum atomic E-state index is 11.7. The van der Waals surface area contributed by atoms with Crippen LogP contribution < -0.4 is 0 Å². The van der Waals surface area contributed by atoms with Gasteiger partial charge in [-0.15, -0.1) is 0 Å². The van der Waals surface area contributed by atoms with E-state index in [0.29, 0.717) is 12.8 Å². The zero-order valence-electron chi connectivity index (χ0n) is 14.1. The first-order valence-corrected chi connectivity index (χ1v) is 8.11. The van der Waals surface area contributed by atoms with Gasteiger partial charge in [-0.2, -0.15) is 0 Å². The number of rotatable bonds is 13. The maximum Gasteiger partial charge on any atom is 0.333 e. The summed E-state index contributed by atoms with van der Waals surface area (Å²) in [6.07, 6.45) is 5.76. The van der Waals surface area contributed by atoms with Crippen LogP contribution in [-0.2, 0) is 23.9 Å². The Morgan fingerprint density at radius 1 is 0.957 bits per heavy atom. The van der Waals surface area contributed by atoms with Gasteiger partial charge in [0.1, 0.15) is 0 Å². The molecule has 0 radical (unpaired) electrons. The summed E-state index contributed by atoms with van der Waals surface area (Å²) in [5.41, 5.74) is 0. The molecule has 0 aliphatic heterocycles. The van der Waals surface area contributed by atoms with Crippen LogP contribution in [0, 0.1) is 5.92 Å². The lowest BCUT2D eigenvalue weighted by molar-refractivity contribution is -0.192. The molecule has 0 aromatic carbocycles. The Kier molecular flexibility index (Phi) is 11.7. The van der Waals surface area contributed by atoms with E-state index in [1.54, 1.807) is 13.8 Å². The highest BCUT2D eigenvalue weighted by atomic mass is 16.7. The zero-order valence-corrected chi connectivity index (χ0v) is 14.1. The number of hydrogen-bond acceptors (Lipinski definition) is 5. The number of esters is 2. The highest BCUT2D eigenvalue weighted by molar-refractivity contribution is 5.81. The summed E-state index contributed by atoms with van der Waals surface area (Å²) in [7, 11) is 0. The Morgan fingerprint density at radius 2 is 1.48 bits per heavy atom. The molecule has 1 unspecified atom stereocenters. The molecule has 0 amide bonds. The molecule has 0 saturated carbocycles. The Labute approximate surface area is 137 Å². The lowest BCUT2D eigenvalue weighted by Gasteiger charge is -2.20. The molecule has 0 aromatic heterocycles. The number of carboxylic acids is 1. The van der Waals surface area contributed by atoms with Gasteiger partial charge in [-0.25, -0.2) is 4.79 Å². The van der Waals surface area contributed by atoms with Gasteiger partial charge in [-0.05, 0) is 12.8 Å². The number of ether oxygens (including phenoxy) is 2. The first-order chi connectivity index (χ1) is 10.9. The molecule has 0 aromatic rings. The molecule has 0 aliphatic carbocycles. The number of hydrogen-bond donors (Lipinski definition) is 1. The molecule has 0 heterocycles. The topological polar surface area (TPSA) is 89.9 Å². The fraction of sp³-hybridized carbons (Fsp3) is 0.706. The molecule has 6 nitrogen and oxygen atoms in total. The first-order valence-electron chi connectivity index (χ1n) is 8.11. The van der Waals surface area contributed by atoms with Crippen molar-refractivity contribution in [2.75, 3.05) is 0 Å². The maximum absolute atomic E-state index is 11.7. The van der Waals surface area contributed by atoms with Crippen LogP contribution in [0.25, 0.3) is 0 Å². The lowest BCUT2D eigenvalue weighted by atomic mass is 10.1. The number of carbonyl (C=O) groups is 3. The van der Waals surface area contributed by atoms with Crippen molar-refractivity contribution >= 4 is 17.9 Å². The molecule has 23 heavy (non-hydrogen) atoms. The van der Waals surface area contributed by atoms with Crippen molar-refractivity contribution in [3.05, 3.63) is 12.7 Å². The van der Waals surface area contributed by atoms with E-state index < -0.39 is 18.2 Å². The summed E-state index contributed by atoms with van der Waals surface area (Å²) >= 11 is 0. The van der Waals surface area contributed by atoms with Crippen molar-refractivity contribution in [2.45, 2.75) is 71.5 Å². The molecule has 1 N–H and O–H groups in total. The van der Waals surface area contributed by atoms with Gasteiger partial charge in [0.2, 0.25) is 6.29 Å². The van der Waals surface area contributed by atoms with E-state index in [4.69, 9.17) is 14.6 Å². The molecule has 132 valence electrons. The minimum atomic E-state index is -0.885. The molecule has 0 rings (SSSR count).